The summed E-state index contributed by atoms with van der Waals surface area (Å²) in [6.45, 7) is 11.6. The van der Waals surface area contributed by atoms with Gasteiger partial charge >= 0.3 is 5.97 Å². The van der Waals surface area contributed by atoms with Crippen LogP contribution in [0.25, 0.3) is 0 Å². The second-order valence-corrected chi connectivity index (χ2v) is 4.95. The second-order valence-electron chi connectivity index (χ2n) is 4.95. The highest BCUT2D eigenvalue weighted by Gasteiger charge is 2.10. The second kappa shape index (κ2) is 13.1. The fraction of sp³-hybridized carbons (Fsp3) is 0.812. The quantitative estimate of drug-likeness (QED) is 0.295. The molecule has 4 nitrogen and oxygen atoms in total. The van der Waals surface area contributed by atoms with Crippen LogP contribution in [0.15, 0.2) is 12.2 Å². The lowest BCUT2D eigenvalue weighted by Crippen LogP contribution is -2.23. The van der Waals surface area contributed by atoms with Gasteiger partial charge in [0.1, 0.15) is 6.61 Å². The molecular weight excluding hydrogens is 256 g/mol. The van der Waals surface area contributed by atoms with E-state index in [9.17, 15) is 4.79 Å². The van der Waals surface area contributed by atoms with Crippen LogP contribution in [0.4, 0.5) is 0 Å². The summed E-state index contributed by atoms with van der Waals surface area (Å²) >= 11 is 0. The molecule has 1 unspecified atom stereocenters. The van der Waals surface area contributed by atoms with Crippen LogP contribution in [0.1, 0.15) is 52.9 Å². The van der Waals surface area contributed by atoms with Crippen molar-refractivity contribution in [2.45, 2.75) is 59.0 Å². The van der Waals surface area contributed by atoms with Crippen LogP contribution in [0.3, 0.4) is 0 Å². The predicted octanol–water partition coefficient (Wildman–Crippen LogP) is 3.50. The molecule has 0 aromatic carbocycles. The number of ether oxygens (including phenoxy) is 3. The lowest BCUT2D eigenvalue weighted by molar-refractivity contribution is -0.143. The van der Waals surface area contributed by atoms with Gasteiger partial charge in [-0.05, 0) is 19.8 Å². The van der Waals surface area contributed by atoms with Crippen molar-refractivity contribution in [2.24, 2.45) is 0 Å². The van der Waals surface area contributed by atoms with Gasteiger partial charge in [0.15, 0.2) is 0 Å². The van der Waals surface area contributed by atoms with E-state index in [-0.39, 0.29) is 18.7 Å². The van der Waals surface area contributed by atoms with Gasteiger partial charge in [-0.15, -0.1) is 0 Å². The number of carbonyl (C=O) groups excluding carboxylic acids is 1. The standard InChI is InChI=1S/C16H30O4/c1-5-7-8-9-10-18-11-12-19-15(6-2)13-20-16(17)14(3)4/h15H,3,5-13H2,1-2,4H3. The third-order valence-corrected chi connectivity index (χ3v) is 2.93. The average molecular weight is 286 g/mol. The molecule has 0 N–H and O–H groups in total. The van der Waals surface area contributed by atoms with Crippen LogP contribution in [0.2, 0.25) is 0 Å². The van der Waals surface area contributed by atoms with Gasteiger partial charge in [0.05, 0.1) is 19.3 Å². The van der Waals surface area contributed by atoms with Crippen molar-refractivity contribution in [2.75, 3.05) is 26.4 Å². The highest BCUT2D eigenvalue weighted by atomic mass is 16.6. The molecule has 0 spiro atoms. The molecule has 0 heterocycles. The van der Waals surface area contributed by atoms with Crippen LogP contribution in [0.5, 0.6) is 0 Å². The summed E-state index contributed by atoms with van der Waals surface area (Å²) in [5.41, 5.74) is 0.412. The number of rotatable bonds is 13. The molecule has 4 heteroatoms. The van der Waals surface area contributed by atoms with Crippen molar-refractivity contribution in [1.29, 1.82) is 0 Å². The molecule has 0 saturated heterocycles. The minimum atomic E-state index is -0.362. The van der Waals surface area contributed by atoms with Gasteiger partial charge in [0, 0.05) is 12.2 Å². The van der Waals surface area contributed by atoms with Crippen molar-refractivity contribution in [3.05, 3.63) is 12.2 Å². The van der Waals surface area contributed by atoms with E-state index in [1.165, 1.54) is 19.3 Å². The van der Waals surface area contributed by atoms with Gasteiger partial charge in [0.2, 0.25) is 0 Å². The summed E-state index contributed by atoms with van der Waals surface area (Å²) < 4.78 is 16.2. The first-order chi connectivity index (χ1) is 9.61. The molecule has 0 aromatic heterocycles. The summed E-state index contributed by atoms with van der Waals surface area (Å²) in [6.07, 6.45) is 5.59. The first kappa shape index (κ1) is 19.1. The van der Waals surface area contributed by atoms with Crippen molar-refractivity contribution in [3.63, 3.8) is 0 Å². The van der Waals surface area contributed by atoms with Gasteiger partial charge < -0.3 is 14.2 Å². The molecule has 118 valence electrons. The zero-order chi connectivity index (χ0) is 15.2. The topological polar surface area (TPSA) is 44.8 Å². The third kappa shape index (κ3) is 11.0. The van der Waals surface area contributed by atoms with E-state index >= 15 is 0 Å². The summed E-state index contributed by atoms with van der Waals surface area (Å²) in [6, 6.07) is 0. The average Bonchev–Trinajstić information content (AvgIpc) is 2.44. The highest BCUT2D eigenvalue weighted by molar-refractivity contribution is 5.86. The largest absolute Gasteiger partial charge is 0.460 e. The molecule has 0 aliphatic rings. The van der Waals surface area contributed by atoms with Crippen LogP contribution in [-0.4, -0.2) is 38.5 Å². The Morgan fingerprint density at radius 1 is 1.10 bits per heavy atom. The zero-order valence-electron chi connectivity index (χ0n) is 13.3. The Morgan fingerprint density at radius 2 is 1.85 bits per heavy atom. The minimum Gasteiger partial charge on any atom is -0.460 e. The van der Waals surface area contributed by atoms with E-state index in [4.69, 9.17) is 14.2 Å². The van der Waals surface area contributed by atoms with Crippen molar-refractivity contribution >= 4 is 5.97 Å². The maximum absolute atomic E-state index is 11.3. The Kier molecular flexibility index (Phi) is 12.6. The highest BCUT2D eigenvalue weighted by Crippen LogP contribution is 2.02. The van der Waals surface area contributed by atoms with Crippen LogP contribution >= 0.6 is 0 Å². The molecule has 0 fully saturated rings. The molecule has 20 heavy (non-hydrogen) atoms. The van der Waals surface area contributed by atoms with Crippen molar-refractivity contribution in [1.82, 2.24) is 0 Å². The smallest absolute Gasteiger partial charge is 0.333 e. The summed E-state index contributed by atoms with van der Waals surface area (Å²) in [5, 5.41) is 0. The Balaban J connectivity index is 3.50. The summed E-state index contributed by atoms with van der Waals surface area (Å²) in [4.78, 5) is 11.3. The van der Waals surface area contributed by atoms with Crippen LogP contribution in [-0.2, 0) is 19.0 Å². The molecular formula is C16H30O4. The molecule has 0 radical (unpaired) electrons. The van der Waals surface area contributed by atoms with E-state index in [0.29, 0.717) is 18.8 Å². The van der Waals surface area contributed by atoms with E-state index in [1.807, 2.05) is 6.92 Å². The van der Waals surface area contributed by atoms with Gasteiger partial charge in [-0.2, -0.15) is 0 Å². The maximum Gasteiger partial charge on any atom is 0.333 e. The molecule has 1 atom stereocenters. The number of unbranched alkanes of at least 4 members (excludes halogenated alkanes) is 3. The molecule has 0 saturated carbocycles. The minimum absolute atomic E-state index is 0.0676. The first-order valence-corrected chi connectivity index (χ1v) is 7.63. The van der Waals surface area contributed by atoms with Gasteiger partial charge in [0.25, 0.3) is 0 Å². The molecule has 0 rings (SSSR count). The number of hydrogen-bond donors (Lipinski definition) is 0. The number of esters is 1. The molecule has 0 bridgehead atoms. The third-order valence-electron chi connectivity index (χ3n) is 2.93. The summed E-state index contributed by atoms with van der Waals surface area (Å²) in [5.74, 6) is -0.362. The first-order valence-electron chi connectivity index (χ1n) is 7.63. The van der Waals surface area contributed by atoms with Crippen LogP contribution in [0, 0.1) is 0 Å². The predicted molar refractivity (Wildman–Crippen MR) is 80.8 cm³/mol. The Morgan fingerprint density at radius 3 is 2.45 bits per heavy atom. The molecule has 0 aromatic rings. The van der Waals surface area contributed by atoms with Crippen molar-refractivity contribution < 1.29 is 19.0 Å². The zero-order valence-corrected chi connectivity index (χ0v) is 13.3. The normalized spacial score (nSPS) is 12.2. The molecule has 0 aliphatic carbocycles. The molecule has 0 amide bonds. The van der Waals surface area contributed by atoms with E-state index < -0.39 is 0 Å². The van der Waals surface area contributed by atoms with E-state index in [0.717, 1.165) is 19.4 Å². The fourth-order valence-electron chi connectivity index (χ4n) is 1.58. The van der Waals surface area contributed by atoms with Crippen LogP contribution < -0.4 is 0 Å². The van der Waals surface area contributed by atoms with E-state index in [2.05, 4.69) is 13.5 Å². The Hall–Kier alpha value is -0.870. The SMILES string of the molecule is C=C(C)C(=O)OCC(CC)OCCOCCCCCC. The molecule has 0 aliphatic heterocycles. The van der Waals surface area contributed by atoms with Gasteiger partial charge in [-0.3, -0.25) is 0 Å². The summed E-state index contributed by atoms with van der Waals surface area (Å²) in [7, 11) is 0. The lowest BCUT2D eigenvalue weighted by Gasteiger charge is -2.16. The monoisotopic (exact) mass is 286 g/mol. The Bertz CT molecular complexity index is 263. The Labute approximate surface area is 123 Å². The van der Waals surface area contributed by atoms with Crippen molar-refractivity contribution in [3.8, 4) is 0 Å². The van der Waals surface area contributed by atoms with E-state index in [1.54, 1.807) is 6.92 Å². The van der Waals surface area contributed by atoms with Gasteiger partial charge in [-0.1, -0.05) is 39.7 Å². The lowest BCUT2D eigenvalue weighted by atomic mass is 10.2. The number of hydrogen-bond acceptors (Lipinski definition) is 4. The fourth-order valence-corrected chi connectivity index (χ4v) is 1.58. The van der Waals surface area contributed by atoms with Gasteiger partial charge in [-0.25, -0.2) is 4.79 Å². The number of carbonyl (C=O) groups is 1. The maximum atomic E-state index is 11.3.